The van der Waals surface area contributed by atoms with Gasteiger partial charge in [0, 0.05) is 24.1 Å². The van der Waals surface area contributed by atoms with Crippen molar-refractivity contribution in [3.63, 3.8) is 0 Å². The van der Waals surface area contributed by atoms with E-state index in [0.29, 0.717) is 12.1 Å². The minimum absolute atomic E-state index is 0.0853. The van der Waals surface area contributed by atoms with Crippen LogP contribution in [0.15, 0.2) is 24.3 Å². The van der Waals surface area contributed by atoms with Gasteiger partial charge in [0.15, 0.2) is 0 Å². The third kappa shape index (κ3) is 2.96. The van der Waals surface area contributed by atoms with Crippen LogP contribution in [0.4, 0.5) is 0 Å². The van der Waals surface area contributed by atoms with Crippen LogP contribution < -0.4 is 10.1 Å². The predicted molar refractivity (Wildman–Crippen MR) is 87.6 cm³/mol. The molecule has 2 nitrogen and oxygen atoms in total. The van der Waals surface area contributed by atoms with Crippen molar-refractivity contribution in [2.45, 2.75) is 71.1 Å². The summed E-state index contributed by atoms with van der Waals surface area (Å²) in [5.41, 5.74) is 1.25. The molecule has 1 saturated carbocycles. The minimum atomic E-state index is -0.0853. The molecule has 1 aromatic rings. The normalized spacial score (nSPS) is 34.3. The van der Waals surface area contributed by atoms with E-state index in [4.69, 9.17) is 4.74 Å². The Labute approximate surface area is 129 Å². The maximum atomic E-state index is 6.14. The fourth-order valence-corrected chi connectivity index (χ4v) is 4.27. The van der Waals surface area contributed by atoms with Gasteiger partial charge in [0.1, 0.15) is 11.4 Å². The highest BCUT2D eigenvalue weighted by molar-refractivity contribution is 5.38. The number of hydrogen-bond acceptors (Lipinski definition) is 2. The van der Waals surface area contributed by atoms with Gasteiger partial charge in [0.05, 0.1) is 0 Å². The van der Waals surface area contributed by atoms with Crippen molar-refractivity contribution in [1.82, 2.24) is 5.32 Å². The maximum absolute atomic E-state index is 6.14. The van der Waals surface area contributed by atoms with Gasteiger partial charge in [-0.3, -0.25) is 0 Å². The summed E-state index contributed by atoms with van der Waals surface area (Å²) in [5.74, 6) is 2.74. The molecule has 3 rings (SSSR count). The molecule has 116 valence electrons. The Hall–Kier alpha value is -1.02. The summed E-state index contributed by atoms with van der Waals surface area (Å²) < 4.78 is 6.14. The van der Waals surface area contributed by atoms with E-state index in [-0.39, 0.29) is 5.60 Å². The summed E-state index contributed by atoms with van der Waals surface area (Å²) in [4.78, 5) is 0. The molecule has 0 radical (unpaired) electrons. The van der Waals surface area contributed by atoms with E-state index >= 15 is 0 Å². The van der Waals surface area contributed by atoms with Crippen molar-refractivity contribution in [3.05, 3.63) is 29.8 Å². The zero-order valence-corrected chi connectivity index (χ0v) is 13.9. The van der Waals surface area contributed by atoms with Gasteiger partial charge < -0.3 is 10.1 Å². The molecule has 0 spiro atoms. The summed E-state index contributed by atoms with van der Waals surface area (Å²) in [6.07, 6.45) is 5.06. The van der Waals surface area contributed by atoms with E-state index in [2.05, 4.69) is 57.3 Å². The molecule has 0 saturated heterocycles. The van der Waals surface area contributed by atoms with Crippen molar-refractivity contribution < 1.29 is 4.74 Å². The Morgan fingerprint density at radius 3 is 2.71 bits per heavy atom. The van der Waals surface area contributed by atoms with E-state index in [0.717, 1.165) is 24.0 Å². The van der Waals surface area contributed by atoms with Gasteiger partial charge in [0.25, 0.3) is 0 Å². The quantitative estimate of drug-likeness (QED) is 0.870. The van der Waals surface area contributed by atoms with E-state index in [9.17, 15) is 0 Å². The monoisotopic (exact) mass is 287 g/mol. The molecule has 0 aromatic heterocycles. The van der Waals surface area contributed by atoms with E-state index in [1.54, 1.807) is 0 Å². The Morgan fingerprint density at radius 2 is 2.00 bits per heavy atom. The van der Waals surface area contributed by atoms with Crippen LogP contribution in [0.1, 0.15) is 65.0 Å². The van der Waals surface area contributed by atoms with Gasteiger partial charge in [-0.15, -0.1) is 0 Å². The number of ether oxygens (including phenoxy) is 1. The van der Waals surface area contributed by atoms with Crippen LogP contribution in [-0.4, -0.2) is 11.6 Å². The third-order valence-corrected chi connectivity index (χ3v) is 5.54. The molecule has 4 unspecified atom stereocenters. The molecule has 0 bridgehead atoms. The first-order valence-electron chi connectivity index (χ1n) is 8.54. The standard InChI is InChI=1S/C19H29NO/c1-5-14-10-11-16(13(14)2)20-17-12-19(3,4)21-18-9-7-6-8-15(17)18/h6-9,13-14,16-17,20H,5,10-12H2,1-4H3. The molecule has 1 N–H and O–H groups in total. The number of para-hydroxylation sites is 1. The number of hydrogen-bond donors (Lipinski definition) is 1. The van der Waals surface area contributed by atoms with E-state index in [1.807, 2.05) is 0 Å². The SMILES string of the molecule is CCC1CCC(NC2CC(C)(C)Oc3ccccc32)C1C. The molecule has 0 amide bonds. The summed E-state index contributed by atoms with van der Waals surface area (Å²) in [6.45, 7) is 9.15. The van der Waals surface area contributed by atoms with Gasteiger partial charge in [-0.25, -0.2) is 0 Å². The first kappa shape index (κ1) is 14.9. The van der Waals surface area contributed by atoms with Crippen molar-refractivity contribution in [2.75, 3.05) is 0 Å². The summed E-state index contributed by atoms with van der Waals surface area (Å²) >= 11 is 0. The summed E-state index contributed by atoms with van der Waals surface area (Å²) in [7, 11) is 0. The van der Waals surface area contributed by atoms with Crippen LogP contribution in [-0.2, 0) is 0 Å². The first-order chi connectivity index (χ1) is 10.00. The predicted octanol–water partition coefficient (Wildman–Crippen LogP) is 4.70. The van der Waals surface area contributed by atoms with Crippen LogP contribution in [0.25, 0.3) is 0 Å². The molecule has 21 heavy (non-hydrogen) atoms. The Bertz CT molecular complexity index is 496. The fraction of sp³-hybridized carbons (Fsp3) is 0.684. The zero-order valence-electron chi connectivity index (χ0n) is 13.9. The molecular formula is C19H29NO. The van der Waals surface area contributed by atoms with Crippen molar-refractivity contribution in [1.29, 1.82) is 0 Å². The third-order valence-electron chi connectivity index (χ3n) is 5.54. The molecule has 1 aliphatic carbocycles. The average Bonchev–Trinajstić information content (AvgIpc) is 2.78. The second-order valence-electron chi connectivity index (χ2n) is 7.53. The lowest BCUT2D eigenvalue weighted by Gasteiger charge is -2.39. The van der Waals surface area contributed by atoms with Gasteiger partial charge >= 0.3 is 0 Å². The highest BCUT2D eigenvalue weighted by atomic mass is 16.5. The van der Waals surface area contributed by atoms with Crippen molar-refractivity contribution >= 4 is 0 Å². The largest absolute Gasteiger partial charge is 0.487 e. The van der Waals surface area contributed by atoms with Crippen LogP contribution >= 0.6 is 0 Å². The molecule has 2 aliphatic rings. The average molecular weight is 287 g/mol. The molecule has 1 aliphatic heterocycles. The molecular weight excluding hydrogens is 258 g/mol. The molecule has 1 aromatic carbocycles. The highest BCUT2D eigenvalue weighted by Crippen LogP contribution is 2.42. The summed E-state index contributed by atoms with van der Waals surface area (Å²) in [5, 5.41) is 3.96. The fourth-order valence-electron chi connectivity index (χ4n) is 4.27. The van der Waals surface area contributed by atoms with Gasteiger partial charge in [-0.05, 0) is 44.6 Å². The van der Waals surface area contributed by atoms with E-state index in [1.165, 1.54) is 24.8 Å². The van der Waals surface area contributed by atoms with Crippen LogP contribution in [0.3, 0.4) is 0 Å². The lowest BCUT2D eigenvalue weighted by atomic mass is 9.87. The Morgan fingerprint density at radius 1 is 1.24 bits per heavy atom. The molecule has 1 heterocycles. The lowest BCUT2D eigenvalue weighted by Crippen LogP contribution is -2.43. The van der Waals surface area contributed by atoms with Gasteiger partial charge in [-0.2, -0.15) is 0 Å². The van der Waals surface area contributed by atoms with Gasteiger partial charge in [0.2, 0.25) is 0 Å². The second-order valence-corrected chi connectivity index (χ2v) is 7.53. The maximum Gasteiger partial charge on any atom is 0.124 e. The highest BCUT2D eigenvalue weighted by Gasteiger charge is 2.38. The van der Waals surface area contributed by atoms with Crippen molar-refractivity contribution in [2.24, 2.45) is 11.8 Å². The molecule has 4 atom stereocenters. The zero-order chi connectivity index (χ0) is 15.0. The van der Waals surface area contributed by atoms with Crippen molar-refractivity contribution in [3.8, 4) is 5.75 Å². The Kier molecular flexibility index (Phi) is 4.00. The topological polar surface area (TPSA) is 21.3 Å². The minimum Gasteiger partial charge on any atom is -0.487 e. The van der Waals surface area contributed by atoms with Crippen LogP contribution in [0.5, 0.6) is 5.75 Å². The Balaban J connectivity index is 1.79. The number of rotatable bonds is 3. The second kappa shape index (κ2) is 5.64. The summed E-state index contributed by atoms with van der Waals surface area (Å²) in [6, 6.07) is 9.61. The molecule has 1 fully saturated rings. The van der Waals surface area contributed by atoms with Crippen LogP contribution in [0.2, 0.25) is 0 Å². The lowest BCUT2D eigenvalue weighted by molar-refractivity contribution is 0.0622. The number of fused-ring (bicyclic) bond motifs is 1. The molecule has 2 heteroatoms. The van der Waals surface area contributed by atoms with E-state index < -0.39 is 0 Å². The van der Waals surface area contributed by atoms with Gasteiger partial charge in [-0.1, -0.05) is 38.5 Å². The van der Waals surface area contributed by atoms with Crippen LogP contribution in [0, 0.1) is 11.8 Å². The smallest absolute Gasteiger partial charge is 0.124 e. The number of nitrogens with one attached hydrogen (secondary N) is 1. The first-order valence-corrected chi connectivity index (χ1v) is 8.54. The number of benzene rings is 1.